The number of ketones is 1. The Bertz CT molecular complexity index is 677. The molecule has 0 atom stereocenters. The third kappa shape index (κ3) is 8.67. The van der Waals surface area contributed by atoms with Gasteiger partial charge in [-0.25, -0.2) is 0 Å². The molecule has 2 rings (SSSR count). The van der Waals surface area contributed by atoms with Gasteiger partial charge < -0.3 is 14.2 Å². The van der Waals surface area contributed by atoms with E-state index < -0.39 is 0 Å². The van der Waals surface area contributed by atoms with Crippen LogP contribution >= 0.6 is 0 Å². The van der Waals surface area contributed by atoms with Crippen LogP contribution in [-0.4, -0.2) is 32.9 Å². The Morgan fingerprint density at radius 3 is 2.30 bits per heavy atom. The van der Waals surface area contributed by atoms with Crippen molar-refractivity contribution in [2.24, 2.45) is 0 Å². The number of carbonyl (C=O) groups is 1. The molecule has 0 aliphatic carbocycles. The van der Waals surface area contributed by atoms with Crippen molar-refractivity contribution < 1.29 is 19.0 Å². The third-order valence-corrected chi connectivity index (χ3v) is 4.06. The van der Waals surface area contributed by atoms with Gasteiger partial charge in [-0.15, -0.1) is 0 Å². The zero-order valence-electron chi connectivity index (χ0n) is 15.9. The summed E-state index contributed by atoms with van der Waals surface area (Å²) in [5, 5.41) is 0. The highest BCUT2D eigenvalue weighted by atomic mass is 16.7. The molecule has 0 radical (unpaired) electrons. The van der Waals surface area contributed by atoms with E-state index in [2.05, 4.69) is 0 Å². The SMILES string of the molecule is COCCCCCCOCOc1ccc(/C=C/C(=O)c2ccccc2)cc1. The van der Waals surface area contributed by atoms with Gasteiger partial charge in [0, 0.05) is 19.3 Å². The third-order valence-electron chi connectivity index (χ3n) is 4.06. The lowest BCUT2D eigenvalue weighted by atomic mass is 10.1. The minimum atomic E-state index is -0.00783. The van der Waals surface area contributed by atoms with E-state index >= 15 is 0 Å². The highest BCUT2D eigenvalue weighted by molar-refractivity contribution is 6.06. The summed E-state index contributed by atoms with van der Waals surface area (Å²) >= 11 is 0. The molecule has 144 valence electrons. The number of benzene rings is 2. The average Bonchev–Trinajstić information content (AvgIpc) is 2.72. The molecule has 0 N–H and O–H groups in total. The number of unbranched alkanes of at least 4 members (excludes halogenated alkanes) is 3. The number of carbonyl (C=O) groups excluding carboxylic acids is 1. The first-order valence-electron chi connectivity index (χ1n) is 9.36. The maximum atomic E-state index is 12.1. The molecule has 27 heavy (non-hydrogen) atoms. The van der Waals surface area contributed by atoms with E-state index in [0.717, 1.165) is 37.2 Å². The monoisotopic (exact) mass is 368 g/mol. The van der Waals surface area contributed by atoms with Crippen molar-refractivity contribution in [1.29, 1.82) is 0 Å². The van der Waals surface area contributed by atoms with Crippen LogP contribution in [-0.2, 0) is 9.47 Å². The van der Waals surface area contributed by atoms with Gasteiger partial charge in [-0.3, -0.25) is 4.79 Å². The molecule has 0 bridgehead atoms. The van der Waals surface area contributed by atoms with E-state index in [-0.39, 0.29) is 12.6 Å². The Morgan fingerprint density at radius 2 is 1.59 bits per heavy atom. The van der Waals surface area contributed by atoms with Crippen molar-refractivity contribution in [3.63, 3.8) is 0 Å². The van der Waals surface area contributed by atoms with Crippen LogP contribution in [0.1, 0.15) is 41.6 Å². The number of hydrogen-bond donors (Lipinski definition) is 0. The highest BCUT2D eigenvalue weighted by Crippen LogP contribution is 2.14. The molecular weight excluding hydrogens is 340 g/mol. The van der Waals surface area contributed by atoms with Crippen LogP contribution in [0.4, 0.5) is 0 Å². The Kier molecular flexibility index (Phi) is 9.93. The topological polar surface area (TPSA) is 44.8 Å². The maximum absolute atomic E-state index is 12.1. The van der Waals surface area contributed by atoms with Crippen LogP contribution in [0.5, 0.6) is 5.75 Å². The molecule has 0 spiro atoms. The normalized spacial score (nSPS) is 11.0. The summed E-state index contributed by atoms with van der Waals surface area (Å²) in [4.78, 5) is 12.1. The molecule has 4 heteroatoms. The quantitative estimate of drug-likeness (QED) is 0.212. The molecule has 2 aromatic rings. The van der Waals surface area contributed by atoms with Crippen molar-refractivity contribution in [2.75, 3.05) is 27.1 Å². The second kappa shape index (κ2) is 12.8. The van der Waals surface area contributed by atoms with Crippen LogP contribution in [0.25, 0.3) is 6.08 Å². The van der Waals surface area contributed by atoms with E-state index in [1.165, 1.54) is 6.42 Å². The van der Waals surface area contributed by atoms with E-state index in [4.69, 9.17) is 14.2 Å². The maximum Gasteiger partial charge on any atom is 0.189 e. The molecule has 0 saturated heterocycles. The molecule has 2 aromatic carbocycles. The summed E-state index contributed by atoms with van der Waals surface area (Å²) in [7, 11) is 1.73. The first-order valence-corrected chi connectivity index (χ1v) is 9.36. The van der Waals surface area contributed by atoms with E-state index in [9.17, 15) is 4.79 Å². The minimum Gasteiger partial charge on any atom is -0.468 e. The Morgan fingerprint density at radius 1 is 0.889 bits per heavy atom. The van der Waals surface area contributed by atoms with Gasteiger partial charge in [-0.05, 0) is 36.6 Å². The predicted octanol–water partition coefficient (Wildman–Crippen LogP) is 5.14. The van der Waals surface area contributed by atoms with Gasteiger partial charge in [0.25, 0.3) is 0 Å². The first kappa shape index (κ1) is 20.9. The van der Waals surface area contributed by atoms with Crippen molar-refractivity contribution >= 4 is 11.9 Å². The lowest BCUT2D eigenvalue weighted by Crippen LogP contribution is -2.04. The molecule has 0 aromatic heterocycles. The second-order valence-electron chi connectivity index (χ2n) is 6.21. The van der Waals surface area contributed by atoms with Crippen LogP contribution in [0, 0.1) is 0 Å². The summed E-state index contributed by atoms with van der Waals surface area (Å²) in [6.07, 6.45) is 7.84. The van der Waals surface area contributed by atoms with Gasteiger partial charge in [0.2, 0.25) is 0 Å². The second-order valence-corrected chi connectivity index (χ2v) is 6.21. The molecular formula is C23H28O4. The van der Waals surface area contributed by atoms with Crippen LogP contribution in [0.15, 0.2) is 60.7 Å². The van der Waals surface area contributed by atoms with E-state index in [0.29, 0.717) is 12.2 Å². The Hall–Kier alpha value is -2.43. The van der Waals surface area contributed by atoms with Crippen molar-refractivity contribution in [2.45, 2.75) is 25.7 Å². The van der Waals surface area contributed by atoms with Gasteiger partial charge in [0.05, 0.1) is 6.61 Å². The summed E-state index contributed by atoms with van der Waals surface area (Å²) < 4.78 is 16.1. The Balaban J connectivity index is 1.63. The van der Waals surface area contributed by atoms with Gasteiger partial charge in [0.15, 0.2) is 12.6 Å². The fraction of sp³-hybridized carbons (Fsp3) is 0.348. The van der Waals surface area contributed by atoms with Crippen molar-refractivity contribution in [1.82, 2.24) is 0 Å². The minimum absolute atomic E-state index is 0.00783. The lowest BCUT2D eigenvalue weighted by Gasteiger charge is -2.07. The number of methoxy groups -OCH3 is 1. The van der Waals surface area contributed by atoms with Crippen LogP contribution < -0.4 is 4.74 Å². The van der Waals surface area contributed by atoms with E-state index in [1.807, 2.05) is 54.6 Å². The number of rotatable bonds is 13. The smallest absolute Gasteiger partial charge is 0.189 e. The molecule has 0 saturated carbocycles. The van der Waals surface area contributed by atoms with Crippen LogP contribution in [0.2, 0.25) is 0 Å². The number of hydrogen-bond acceptors (Lipinski definition) is 4. The number of ether oxygens (including phenoxy) is 3. The number of allylic oxidation sites excluding steroid dienone is 1. The summed E-state index contributed by atoms with van der Waals surface area (Å²) in [5.74, 6) is 0.744. The Labute approximate surface area is 161 Å². The zero-order valence-corrected chi connectivity index (χ0v) is 15.9. The van der Waals surface area contributed by atoms with Gasteiger partial charge in [0.1, 0.15) is 5.75 Å². The molecule has 0 amide bonds. The highest BCUT2D eigenvalue weighted by Gasteiger charge is 2.00. The molecule has 0 aliphatic heterocycles. The fourth-order valence-corrected chi connectivity index (χ4v) is 2.52. The summed E-state index contributed by atoms with van der Waals surface area (Å²) in [6, 6.07) is 16.8. The van der Waals surface area contributed by atoms with Crippen molar-refractivity contribution in [3.05, 3.63) is 71.8 Å². The molecule has 0 fully saturated rings. The molecule has 0 unspecified atom stereocenters. The fourth-order valence-electron chi connectivity index (χ4n) is 2.52. The van der Waals surface area contributed by atoms with E-state index in [1.54, 1.807) is 19.3 Å². The molecule has 4 nitrogen and oxygen atoms in total. The molecule has 0 heterocycles. The van der Waals surface area contributed by atoms with Gasteiger partial charge >= 0.3 is 0 Å². The zero-order chi connectivity index (χ0) is 19.2. The largest absolute Gasteiger partial charge is 0.468 e. The first-order chi connectivity index (χ1) is 13.3. The molecule has 0 aliphatic rings. The standard InChI is InChI=1S/C23H28O4/c1-25-17-7-2-3-8-18-26-19-27-22-14-11-20(12-15-22)13-16-23(24)21-9-5-4-6-10-21/h4-6,9-16H,2-3,7-8,17-19H2,1H3/b16-13+. The lowest BCUT2D eigenvalue weighted by molar-refractivity contribution is 0.0134. The van der Waals surface area contributed by atoms with Crippen molar-refractivity contribution in [3.8, 4) is 5.75 Å². The summed E-state index contributed by atoms with van der Waals surface area (Å²) in [5.41, 5.74) is 1.63. The average molecular weight is 368 g/mol. The summed E-state index contributed by atoms with van der Waals surface area (Å²) in [6.45, 7) is 1.78. The van der Waals surface area contributed by atoms with Gasteiger partial charge in [-0.2, -0.15) is 0 Å². The predicted molar refractivity (Wildman–Crippen MR) is 108 cm³/mol. The van der Waals surface area contributed by atoms with Crippen LogP contribution in [0.3, 0.4) is 0 Å². The van der Waals surface area contributed by atoms with Gasteiger partial charge in [-0.1, -0.05) is 61.4 Å².